The largest absolute Gasteiger partial charge is 0.352 e. The first kappa shape index (κ1) is 11.1. The van der Waals surface area contributed by atoms with Crippen LogP contribution in [0.4, 0.5) is 0 Å². The van der Waals surface area contributed by atoms with E-state index < -0.39 is 0 Å². The van der Waals surface area contributed by atoms with E-state index >= 15 is 0 Å². The highest BCUT2D eigenvalue weighted by atomic mass is 16.1. The van der Waals surface area contributed by atoms with Crippen LogP contribution in [0.15, 0.2) is 18.2 Å². The van der Waals surface area contributed by atoms with Crippen molar-refractivity contribution in [2.45, 2.75) is 26.3 Å². The summed E-state index contributed by atoms with van der Waals surface area (Å²) >= 11 is 0. The Labute approximate surface area is 96.2 Å². The van der Waals surface area contributed by atoms with Crippen LogP contribution in [0.25, 0.3) is 0 Å². The van der Waals surface area contributed by atoms with Crippen LogP contribution in [0.5, 0.6) is 0 Å². The zero-order valence-electron chi connectivity index (χ0n) is 9.68. The summed E-state index contributed by atoms with van der Waals surface area (Å²) in [6, 6.07) is 6.00. The second kappa shape index (κ2) is 5.12. The van der Waals surface area contributed by atoms with Gasteiger partial charge in [-0.2, -0.15) is 0 Å². The molecule has 0 bridgehead atoms. The molecule has 0 unspecified atom stereocenters. The molecule has 1 aliphatic rings. The van der Waals surface area contributed by atoms with Crippen molar-refractivity contribution in [3.8, 4) is 0 Å². The summed E-state index contributed by atoms with van der Waals surface area (Å²) in [5.41, 5.74) is 3.41. The molecule has 16 heavy (non-hydrogen) atoms. The minimum atomic E-state index is 0.0446. The molecular formula is C13H18N2O. The molecule has 0 saturated carbocycles. The first-order valence-electron chi connectivity index (χ1n) is 5.92. The van der Waals surface area contributed by atoms with Crippen LogP contribution in [-0.2, 0) is 13.0 Å². The van der Waals surface area contributed by atoms with Gasteiger partial charge in [0.25, 0.3) is 5.91 Å². The minimum absolute atomic E-state index is 0.0446. The van der Waals surface area contributed by atoms with Crippen LogP contribution in [-0.4, -0.2) is 19.0 Å². The van der Waals surface area contributed by atoms with Gasteiger partial charge in [-0.1, -0.05) is 13.0 Å². The van der Waals surface area contributed by atoms with Gasteiger partial charge in [0.05, 0.1) is 0 Å². The lowest BCUT2D eigenvalue weighted by molar-refractivity contribution is 0.0953. The van der Waals surface area contributed by atoms with Crippen molar-refractivity contribution in [2.24, 2.45) is 0 Å². The lowest BCUT2D eigenvalue weighted by Crippen LogP contribution is -2.26. The fourth-order valence-electron chi connectivity index (χ4n) is 1.96. The lowest BCUT2D eigenvalue weighted by atomic mass is 9.98. The summed E-state index contributed by atoms with van der Waals surface area (Å²) in [6.45, 7) is 4.73. The molecule has 0 aliphatic carbocycles. The molecular weight excluding hydrogens is 200 g/mol. The first-order valence-corrected chi connectivity index (χ1v) is 5.92. The summed E-state index contributed by atoms with van der Waals surface area (Å²) < 4.78 is 0. The van der Waals surface area contributed by atoms with Crippen molar-refractivity contribution in [1.29, 1.82) is 0 Å². The number of hydrogen-bond donors (Lipinski definition) is 2. The number of nitrogens with one attached hydrogen (secondary N) is 2. The number of fused-ring (bicyclic) bond motifs is 1. The van der Waals surface area contributed by atoms with Crippen molar-refractivity contribution in [3.05, 3.63) is 34.9 Å². The van der Waals surface area contributed by atoms with Crippen LogP contribution in [0.3, 0.4) is 0 Å². The quantitative estimate of drug-likeness (QED) is 0.806. The van der Waals surface area contributed by atoms with Crippen LogP contribution in [0.2, 0.25) is 0 Å². The highest BCUT2D eigenvalue weighted by Gasteiger charge is 2.11. The average Bonchev–Trinajstić information content (AvgIpc) is 2.35. The van der Waals surface area contributed by atoms with Gasteiger partial charge in [0.2, 0.25) is 0 Å². The zero-order chi connectivity index (χ0) is 11.4. The molecule has 0 fully saturated rings. The Morgan fingerprint density at radius 2 is 2.31 bits per heavy atom. The van der Waals surface area contributed by atoms with Crippen molar-refractivity contribution in [1.82, 2.24) is 10.6 Å². The molecule has 1 amide bonds. The highest BCUT2D eigenvalue weighted by Crippen LogP contribution is 2.15. The first-order chi connectivity index (χ1) is 7.81. The second-order valence-corrected chi connectivity index (χ2v) is 4.17. The Kier molecular flexibility index (Phi) is 3.57. The van der Waals surface area contributed by atoms with Gasteiger partial charge in [-0.05, 0) is 42.6 Å². The Hall–Kier alpha value is -1.35. The van der Waals surface area contributed by atoms with E-state index in [1.54, 1.807) is 0 Å². The monoisotopic (exact) mass is 218 g/mol. The molecule has 1 aromatic rings. The summed E-state index contributed by atoms with van der Waals surface area (Å²) in [5, 5.41) is 6.22. The molecule has 1 aliphatic heterocycles. The molecule has 3 heteroatoms. The van der Waals surface area contributed by atoms with Crippen molar-refractivity contribution >= 4 is 5.91 Å². The molecule has 2 rings (SSSR count). The normalized spacial score (nSPS) is 14.3. The maximum Gasteiger partial charge on any atom is 0.251 e. The molecule has 0 aromatic heterocycles. The highest BCUT2D eigenvalue weighted by molar-refractivity contribution is 5.94. The molecule has 0 radical (unpaired) electrons. The second-order valence-electron chi connectivity index (χ2n) is 4.17. The van der Waals surface area contributed by atoms with Gasteiger partial charge < -0.3 is 10.6 Å². The molecule has 0 saturated heterocycles. The van der Waals surface area contributed by atoms with E-state index in [2.05, 4.69) is 23.6 Å². The maximum absolute atomic E-state index is 11.8. The van der Waals surface area contributed by atoms with Crippen LogP contribution < -0.4 is 10.6 Å². The van der Waals surface area contributed by atoms with Gasteiger partial charge in [-0.15, -0.1) is 0 Å². The van der Waals surface area contributed by atoms with Crippen LogP contribution >= 0.6 is 0 Å². The number of amides is 1. The van der Waals surface area contributed by atoms with Gasteiger partial charge >= 0.3 is 0 Å². The van der Waals surface area contributed by atoms with Crippen molar-refractivity contribution in [2.75, 3.05) is 13.1 Å². The predicted molar refractivity (Wildman–Crippen MR) is 64.5 cm³/mol. The number of hydrogen-bond acceptors (Lipinski definition) is 2. The summed E-state index contributed by atoms with van der Waals surface area (Å²) in [5.74, 6) is 0.0446. The molecule has 86 valence electrons. The minimum Gasteiger partial charge on any atom is -0.352 e. The van der Waals surface area contributed by atoms with E-state index in [0.29, 0.717) is 0 Å². The van der Waals surface area contributed by atoms with E-state index in [9.17, 15) is 4.79 Å². The topological polar surface area (TPSA) is 41.1 Å². The van der Waals surface area contributed by atoms with Crippen LogP contribution in [0, 0.1) is 0 Å². The number of carbonyl (C=O) groups excluding carboxylic acids is 1. The van der Waals surface area contributed by atoms with E-state index in [1.165, 1.54) is 11.1 Å². The SMILES string of the molecule is CCCNC(=O)c1ccc2c(c1)CCNC2. The fourth-order valence-corrected chi connectivity index (χ4v) is 1.96. The third-order valence-corrected chi connectivity index (χ3v) is 2.89. The van der Waals surface area contributed by atoms with E-state index in [0.717, 1.165) is 38.0 Å². The van der Waals surface area contributed by atoms with Gasteiger partial charge in [-0.3, -0.25) is 4.79 Å². The molecule has 0 atom stereocenters. The lowest BCUT2D eigenvalue weighted by Gasteiger charge is -2.17. The summed E-state index contributed by atoms with van der Waals surface area (Å²) in [6.07, 6.45) is 1.99. The predicted octanol–water partition coefficient (Wildman–Crippen LogP) is 1.47. The van der Waals surface area contributed by atoms with Crippen molar-refractivity contribution < 1.29 is 4.79 Å². The Morgan fingerprint density at radius 3 is 3.12 bits per heavy atom. The molecule has 1 aromatic carbocycles. The van der Waals surface area contributed by atoms with E-state index in [4.69, 9.17) is 0 Å². The third kappa shape index (κ3) is 2.42. The van der Waals surface area contributed by atoms with Crippen LogP contribution in [0.1, 0.15) is 34.8 Å². The number of carbonyl (C=O) groups is 1. The standard InChI is InChI=1S/C13H18N2O/c1-2-6-15-13(16)11-3-4-12-9-14-7-5-10(12)8-11/h3-4,8,14H,2,5-7,9H2,1H3,(H,15,16). The van der Waals surface area contributed by atoms with Gasteiger partial charge in [-0.25, -0.2) is 0 Å². The number of rotatable bonds is 3. The average molecular weight is 218 g/mol. The fraction of sp³-hybridized carbons (Fsp3) is 0.462. The Morgan fingerprint density at radius 1 is 1.44 bits per heavy atom. The third-order valence-electron chi connectivity index (χ3n) is 2.89. The molecule has 2 N–H and O–H groups in total. The van der Waals surface area contributed by atoms with Gasteiger partial charge in [0.1, 0.15) is 0 Å². The smallest absolute Gasteiger partial charge is 0.251 e. The summed E-state index contributed by atoms with van der Waals surface area (Å²) in [4.78, 5) is 11.8. The maximum atomic E-state index is 11.8. The van der Waals surface area contributed by atoms with Gasteiger partial charge in [0.15, 0.2) is 0 Å². The number of benzene rings is 1. The Balaban J connectivity index is 2.13. The van der Waals surface area contributed by atoms with Gasteiger partial charge in [0, 0.05) is 18.7 Å². The summed E-state index contributed by atoms with van der Waals surface area (Å²) in [7, 11) is 0. The molecule has 3 nitrogen and oxygen atoms in total. The zero-order valence-corrected chi connectivity index (χ0v) is 9.68. The van der Waals surface area contributed by atoms with Crippen molar-refractivity contribution in [3.63, 3.8) is 0 Å². The molecule has 1 heterocycles. The Bertz CT molecular complexity index is 388. The molecule has 0 spiro atoms. The van der Waals surface area contributed by atoms with E-state index in [1.807, 2.05) is 12.1 Å². The van der Waals surface area contributed by atoms with E-state index in [-0.39, 0.29) is 5.91 Å².